The smallest absolute Gasteiger partial charge is 0.224 e. The van der Waals surface area contributed by atoms with Crippen molar-refractivity contribution in [2.24, 2.45) is 4.99 Å². The van der Waals surface area contributed by atoms with Crippen molar-refractivity contribution in [1.29, 1.82) is 0 Å². The van der Waals surface area contributed by atoms with E-state index >= 15 is 0 Å². The van der Waals surface area contributed by atoms with Crippen LogP contribution >= 0.6 is 0 Å². The molecule has 0 heterocycles. The fourth-order valence-electron chi connectivity index (χ4n) is 2.62. The second kappa shape index (κ2) is 12.3. The molecule has 140 valence electrons. The van der Waals surface area contributed by atoms with Crippen LogP contribution in [-0.2, 0) is 11.3 Å². The molecule has 1 rings (SSSR count). The van der Waals surface area contributed by atoms with Crippen molar-refractivity contribution in [2.75, 3.05) is 20.6 Å². The van der Waals surface area contributed by atoms with E-state index in [4.69, 9.17) is 0 Å². The van der Waals surface area contributed by atoms with Gasteiger partial charge in [-0.15, -0.1) is 0 Å². The summed E-state index contributed by atoms with van der Waals surface area (Å²) in [6, 6.07) is 10.4. The van der Waals surface area contributed by atoms with E-state index in [0.29, 0.717) is 25.6 Å². The summed E-state index contributed by atoms with van der Waals surface area (Å²) in [5.74, 6) is 0.894. The molecule has 1 aromatic rings. The Balaban J connectivity index is 2.28. The van der Waals surface area contributed by atoms with Crippen LogP contribution in [0.5, 0.6) is 0 Å². The summed E-state index contributed by atoms with van der Waals surface area (Å²) in [7, 11) is 3.61. The summed E-state index contributed by atoms with van der Waals surface area (Å²) in [6.07, 6.45) is 5.31. The minimum absolute atomic E-state index is 0.128. The van der Waals surface area contributed by atoms with Crippen LogP contribution in [0.25, 0.3) is 0 Å². The number of guanidine groups is 1. The number of carbonyl (C=O) groups excluding carboxylic acids is 1. The summed E-state index contributed by atoms with van der Waals surface area (Å²) in [6.45, 7) is 5.60. The van der Waals surface area contributed by atoms with Gasteiger partial charge in [-0.25, -0.2) is 0 Å². The Labute approximate surface area is 152 Å². The number of nitrogens with one attached hydrogen (secondary N) is 2. The SMILES string of the molecule is CCCCCC(C)NC(=NC)NCCC(=O)N(C)Cc1ccccc1. The maximum atomic E-state index is 12.2. The van der Waals surface area contributed by atoms with E-state index in [1.54, 1.807) is 11.9 Å². The van der Waals surface area contributed by atoms with Gasteiger partial charge in [0.2, 0.25) is 5.91 Å². The molecule has 0 bridgehead atoms. The average molecular weight is 347 g/mol. The van der Waals surface area contributed by atoms with Crippen molar-refractivity contribution in [1.82, 2.24) is 15.5 Å². The third-order valence-corrected chi connectivity index (χ3v) is 4.17. The molecule has 0 aromatic heterocycles. The molecule has 5 heteroatoms. The number of nitrogens with zero attached hydrogens (tertiary/aromatic N) is 2. The number of amides is 1. The summed E-state index contributed by atoms with van der Waals surface area (Å²) in [5, 5.41) is 6.61. The first-order valence-corrected chi connectivity index (χ1v) is 9.31. The Morgan fingerprint density at radius 3 is 2.60 bits per heavy atom. The highest BCUT2D eigenvalue weighted by Crippen LogP contribution is 2.04. The van der Waals surface area contributed by atoms with Crippen LogP contribution < -0.4 is 10.6 Å². The lowest BCUT2D eigenvalue weighted by molar-refractivity contribution is -0.130. The van der Waals surface area contributed by atoms with Crippen LogP contribution in [0.2, 0.25) is 0 Å². The minimum Gasteiger partial charge on any atom is -0.356 e. The number of benzene rings is 1. The molecule has 1 atom stereocenters. The molecule has 0 spiro atoms. The van der Waals surface area contributed by atoms with Gasteiger partial charge in [0.25, 0.3) is 0 Å². The molecule has 5 nitrogen and oxygen atoms in total. The molecule has 1 aromatic carbocycles. The predicted molar refractivity (Wildman–Crippen MR) is 106 cm³/mol. The summed E-state index contributed by atoms with van der Waals surface area (Å²) >= 11 is 0. The maximum absolute atomic E-state index is 12.2. The van der Waals surface area contributed by atoms with Crippen LogP contribution in [0.1, 0.15) is 51.5 Å². The second-order valence-corrected chi connectivity index (χ2v) is 6.53. The lowest BCUT2D eigenvalue weighted by Crippen LogP contribution is -2.43. The standard InChI is InChI=1S/C20H34N4O/c1-5-6-8-11-17(2)23-20(21-3)22-15-14-19(25)24(4)16-18-12-9-7-10-13-18/h7,9-10,12-13,17H,5-6,8,11,14-16H2,1-4H3,(H2,21,22,23). The van der Waals surface area contributed by atoms with Gasteiger partial charge in [0, 0.05) is 39.6 Å². The minimum atomic E-state index is 0.128. The Hall–Kier alpha value is -2.04. The van der Waals surface area contributed by atoms with E-state index < -0.39 is 0 Å². The normalized spacial score (nSPS) is 12.6. The first kappa shape index (κ1) is 21.0. The summed E-state index contributed by atoms with van der Waals surface area (Å²) in [4.78, 5) is 18.2. The zero-order valence-corrected chi connectivity index (χ0v) is 16.2. The molecule has 0 radical (unpaired) electrons. The second-order valence-electron chi connectivity index (χ2n) is 6.53. The van der Waals surface area contributed by atoms with Crippen LogP contribution in [0, 0.1) is 0 Å². The molecule has 0 aliphatic heterocycles. The average Bonchev–Trinajstić information content (AvgIpc) is 2.61. The molecule has 0 aliphatic rings. The van der Waals surface area contributed by atoms with E-state index in [2.05, 4.69) is 29.5 Å². The molecular weight excluding hydrogens is 312 g/mol. The van der Waals surface area contributed by atoms with Crippen LogP contribution in [0.4, 0.5) is 0 Å². The van der Waals surface area contributed by atoms with E-state index in [0.717, 1.165) is 17.9 Å². The Kier molecular flexibility index (Phi) is 10.4. The van der Waals surface area contributed by atoms with Gasteiger partial charge in [-0.3, -0.25) is 9.79 Å². The quantitative estimate of drug-likeness (QED) is 0.389. The number of unbranched alkanes of at least 4 members (excludes halogenated alkanes) is 2. The molecule has 0 aliphatic carbocycles. The Morgan fingerprint density at radius 2 is 1.96 bits per heavy atom. The molecular formula is C20H34N4O. The number of aliphatic imine (C=N–C) groups is 1. The largest absolute Gasteiger partial charge is 0.356 e. The Morgan fingerprint density at radius 1 is 1.24 bits per heavy atom. The van der Waals surface area contributed by atoms with Crippen molar-refractivity contribution < 1.29 is 4.79 Å². The van der Waals surface area contributed by atoms with Gasteiger partial charge in [-0.2, -0.15) is 0 Å². The lowest BCUT2D eigenvalue weighted by atomic mass is 10.1. The number of rotatable bonds is 10. The first-order chi connectivity index (χ1) is 12.1. The fraction of sp³-hybridized carbons (Fsp3) is 0.600. The van der Waals surface area contributed by atoms with Crippen molar-refractivity contribution in [3.63, 3.8) is 0 Å². The van der Waals surface area contributed by atoms with Crippen molar-refractivity contribution in [2.45, 2.75) is 58.5 Å². The van der Waals surface area contributed by atoms with Gasteiger partial charge in [-0.05, 0) is 18.9 Å². The fourth-order valence-corrected chi connectivity index (χ4v) is 2.62. The summed E-state index contributed by atoms with van der Waals surface area (Å²) < 4.78 is 0. The predicted octanol–water partition coefficient (Wildman–Crippen LogP) is 3.17. The Bertz CT molecular complexity index is 516. The number of carbonyl (C=O) groups is 1. The van der Waals surface area contributed by atoms with Crippen LogP contribution in [-0.4, -0.2) is 43.4 Å². The van der Waals surface area contributed by atoms with Gasteiger partial charge in [-0.1, -0.05) is 56.5 Å². The molecule has 25 heavy (non-hydrogen) atoms. The highest BCUT2D eigenvalue weighted by Gasteiger charge is 2.10. The van der Waals surface area contributed by atoms with Crippen molar-refractivity contribution in [3.05, 3.63) is 35.9 Å². The van der Waals surface area contributed by atoms with Crippen molar-refractivity contribution >= 4 is 11.9 Å². The van der Waals surface area contributed by atoms with Crippen molar-refractivity contribution in [3.8, 4) is 0 Å². The molecule has 2 N–H and O–H groups in total. The molecule has 0 saturated carbocycles. The monoisotopic (exact) mass is 346 g/mol. The van der Waals surface area contributed by atoms with Crippen LogP contribution in [0.15, 0.2) is 35.3 Å². The van der Waals surface area contributed by atoms with Gasteiger partial charge >= 0.3 is 0 Å². The highest BCUT2D eigenvalue weighted by molar-refractivity contribution is 5.81. The third kappa shape index (κ3) is 9.13. The molecule has 1 unspecified atom stereocenters. The van der Waals surface area contributed by atoms with Gasteiger partial charge in [0.1, 0.15) is 0 Å². The van der Waals surface area contributed by atoms with Crippen LogP contribution in [0.3, 0.4) is 0 Å². The zero-order chi connectivity index (χ0) is 18.5. The lowest BCUT2D eigenvalue weighted by Gasteiger charge is -2.20. The van der Waals surface area contributed by atoms with Gasteiger partial charge < -0.3 is 15.5 Å². The highest BCUT2D eigenvalue weighted by atomic mass is 16.2. The number of hydrogen-bond acceptors (Lipinski definition) is 2. The molecule has 1 amide bonds. The summed E-state index contributed by atoms with van der Waals surface area (Å²) in [5.41, 5.74) is 1.14. The molecule has 0 saturated heterocycles. The number of hydrogen-bond donors (Lipinski definition) is 2. The zero-order valence-electron chi connectivity index (χ0n) is 16.2. The van der Waals surface area contributed by atoms with E-state index in [1.807, 2.05) is 37.4 Å². The topological polar surface area (TPSA) is 56.7 Å². The van der Waals surface area contributed by atoms with E-state index in [1.165, 1.54) is 19.3 Å². The van der Waals surface area contributed by atoms with Gasteiger partial charge in [0.15, 0.2) is 5.96 Å². The van der Waals surface area contributed by atoms with Gasteiger partial charge in [0.05, 0.1) is 0 Å². The van der Waals surface area contributed by atoms with E-state index in [-0.39, 0.29) is 5.91 Å². The first-order valence-electron chi connectivity index (χ1n) is 9.31. The third-order valence-electron chi connectivity index (χ3n) is 4.17. The maximum Gasteiger partial charge on any atom is 0.224 e. The van der Waals surface area contributed by atoms with E-state index in [9.17, 15) is 4.79 Å². The molecule has 0 fully saturated rings.